The van der Waals surface area contributed by atoms with Gasteiger partial charge in [0.15, 0.2) is 4.34 Å². The van der Waals surface area contributed by atoms with Gasteiger partial charge in [-0.2, -0.15) is 0 Å². The lowest BCUT2D eigenvalue weighted by molar-refractivity contribution is -0.120. The molecule has 2 atom stereocenters. The number of carbonyl (C=O) groups is 1. The van der Waals surface area contributed by atoms with Crippen LogP contribution in [0.4, 0.5) is 9.52 Å². The van der Waals surface area contributed by atoms with Crippen molar-refractivity contribution >= 4 is 34.1 Å². The minimum absolute atomic E-state index is 0.0879. The molecule has 0 saturated carbocycles. The summed E-state index contributed by atoms with van der Waals surface area (Å²) in [7, 11) is 0. The van der Waals surface area contributed by atoms with E-state index in [4.69, 9.17) is 0 Å². The summed E-state index contributed by atoms with van der Waals surface area (Å²) < 4.78 is 13.7. The van der Waals surface area contributed by atoms with Crippen molar-refractivity contribution in [3.63, 3.8) is 0 Å². The molecule has 0 bridgehead atoms. The Morgan fingerprint density at radius 1 is 1.29 bits per heavy atom. The third-order valence-electron chi connectivity index (χ3n) is 3.31. The van der Waals surface area contributed by atoms with Crippen LogP contribution in [-0.4, -0.2) is 27.9 Å². The number of hydrogen-bond donors (Lipinski definition) is 2. The maximum absolute atomic E-state index is 13.0. The van der Waals surface area contributed by atoms with Crippen molar-refractivity contribution in [1.82, 2.24) is 15.5 Å². The highest BCUT2D eigenvalue weighted by molar-refractivity contribution is 8.02. The van der Waals surface area contributed by atoms with Crippen LogP contribution in [0.1, 0.15) is 38.8 Å². The standard InChI is InChI=1S/C16H21FN4OS2/c1-4-9-18-15-20-21-16(24-15)23-11(3)14(22)19-10(2)12-5-7-13(17)8-6-12/h5-8,10-11H,4,9H2,1-3H3,(H,18,20)(H,19,22)/t10-,11+/m1/s1. The van der Waals surface area contributed by atoms with E-state index in [1.54, 1.807) is 12.1 Å². The minimum Gasteiger partial charge on any atom is -0.360 e. The molecule has 0 aliphatic carbocycles. The molecule has 1 aromatic heterocycles. The molecule has 0 radical (unpaired) electrons. The van der Waals surface area contributed by atoms with Gasteiger partial charge >= 0.3 is 0 Å². The van der Waals surface area contributed by atoms with Gasteiger partial charge in [0.25, 0.3) is 0 Å². The zero-order valence-corrected chi connectivity index (χ0v) is 15.5. The average molecular weight is 369 g/mol. The number of anilines is 1. The van der Waals surface area contributed by atoms with Gasteiger partial charge in [0, 0.05) is 6.54 Å². The first-order valence-corrected chi connectivity index (χ1v) is 9.49. The monoisotopic (exact) mass is 368 g/mol. The van der Waals surface area contributed by atoms with E-state index in [0.717, 1.165) is 28.0 Å². The molecule has 1 amide bonds. The fourth-order valence-electron chi connectivity index (χ4n) is 1.93. The highest BCUT2D eigenvalue weighted by Gasteiger charge is 2.19. The number of aromatic nitrogens is 2. The van der Waals surface area contributed by atoms with E-state index in [9.17, 15) is 9.18 Å². The van der Waals surface area contributed by atoms with Gasteiger partial charge in [-0.15, -0.1) is 10.2 Å². The molecule has 0 fully saturated rings. The van der Waals surface area contributed by atoms with Crippen LogP contribution in [0, 0.1) is 5.82 Å². The Hall–Kier alpha value is -1.67. The van der Waals surface area contributed by atoms with Crippen LogP contribution in [0.3, 0.4) is 0 Å². The van der Waals surface area contributed by atoms with Crippen molar-refractivity contribution in [3.05, 3.63) is 35.6 Å². The zero-order valence-electron chi connectivity index (χ0n) is 13.9. The third kappa shape index (κ3) is 5.45. The molecule has 8 heteroatoms. The number of hydrogen-bond acceptors (Lipinski definition) is 6. The van der Waals surface area contributed by atoms with Gasteiger partial charge in [0.2, 0.25) is 11.0 Å². The fourth-order valence-corrected chi connectivity index (χ4v) is 3.86. The molecule has 130 valence electrons. The van der Waals surface area contributed by atoms with Gasteiger partial charge in [-0.25, -0.2) is 4.39 Å². The second-order valence-electron chi connectivity index (χ2n) is 5.34. The van der Waals surface area contributed by atoms with Gasteiger partial charge in [0.05, 0.1) is 11.3 Å². The Kier molecular flexibility index (Phi) is 6.99. The molecule has 0 unspecified atom stereocenters. The lowest BCUT2D eigenvalue weighted by Gasteiger charge is -2.17. The molecule has 0 aliphatic rings. The van der Waals surface area contributed by atoms with Crippen LogP contribution < -0.4 is 10.6 Å². The largest absolute Gasteiger partial charge is 0.360 e. The van der Waals surface area contributed by atoms with E-state index in [0.29, 0.717) is 0 Å². The summed E-state index contributed by atoms with van der Waals surface area (Å²) in [6.45, 7) is 6.64. The lowest BCUT2D eigenvalue weighted by Crippen LogP contribution is -2.33. The highest BCUT2D eigenvalue weighted by atomic mass is 32.2. The van der Waals surface area contributed by atoms with E-state index < -0.39 is 0 Å². The van der Waals surface area contributed by atoms with E-state index in [-0.39, 0.29) is 23.0 Å². The first kappa shape index (κ1) is 18.7. The Balaban J connectivity index is 1.87. The molecule has 0 spiro atoms. The number of nitrogens with zero attached hydrogens (tertiary/aromatic N) is 2. The zero-order chi connectivity index (χ0) is 17.5. The maximum atomic E-state index is 13.0. The SMILES string of the molecule is CCCNc1nnc(S[C@@H](C)C(=O)N[C@H](C)c2ccc(F)cc2)s1. The molecule has 24 heavy (non-hydrogen) atoms. The van der Waals surface area contributed by atoms with Gasteiger partial charge < -0.3 is 10.6 Å². The predicted molar refractivity (Wildman–Crippen MR) is 97.0 cm³/mol. The Morgan fingerprint density at radius 2 is 2.00 bits per heavy atom. The molecule has 0 saturated heterocycles. The second kappa shape index (κ2) is 8.98. The van der Waals surface area contributed by atoms with Crippen molar-refractivity contribution in [2.75, 3.05) is 11.9 Å². The van der Waals surface area contributed by atoms with Crippen molar-refractivity contribution in [2.45, 2.75) is 42.8 Å². The molecular weight excluding hydrogens is 347 g/mol. The summed E-state index contributed by atoms with van der Waals surface area (Å²) in [6, 6.07) is 5.95. The summed E-state index contributed by atoms with van der Waals surface area (Å²) in [5.41, 5.74) is 0.865. The van der Waals surface area contributed by atoms with Gasteiger partial charge in [-0.1, -0.05) is 42.2 Å². The molecule has 0 aliphatic heterocycles. The third-order valence-corrected chi connectivity index (χ3v) is 5.37. The van der Waals surface area contributed by atoms with E-state index in [1.165, 1.54) is 35.2 Å². The number of nitrogens with one attached hydrogen (secondary N) is 2. The Labute approximate surface area is 149 Å². The van der Waals surface area contributed by atoms with Crippen LogP contribution in [0.2, 0.25) is 0 Å². The first-order valence-electron chi connectivity index (χ1n) is 7.79. The molecule has 1 aromatic carbocycles. The first-order chi connectivity index (χ1) is 11.5. The summed E-state index contributed by atoms with van der Waals surface area (Å²) in [5, 5.41) is 14.7. The number of thioether (sulfide) groups is 1. The van der Waals surface area contributed by atoms with Gasteiger partial charge in [0.1, 0.15) is 5.82 Å². The topological polar surface area (TPSA) is 66.9 Å². The smallest absolute Gasteiger partial charge is 0.233 e. The summed E-state index contributed by atoms with van der Waals surface area (Å²) in [5.74, 6) is -0.375. The number of amides is 1. The molecule has 2 N–H and O–H groups in total. The van der Waals surface area contributed by atoms with Crippen molar-refractivity contribution in [2.24, 2.45) is 0 Å². The fraction of sp³-hybridized carbons (Fsp3) is 0.438. The molecule has 2 aromatic rings. The predicted octanol–water partition coefficient (Wildman–Crippen LogP) is 3.86. The van der Waals surface area contributed by atoms with Crippen molar-refractivity contribution < 1.29 is 9.18 Å². The van der Waals surface area contributed by atoms with E-state index in [2.05, 4.69) is 27.8 Å². The van der Waals surface area contributed by atoms with Crippen molar-refractivity contribution in [3.8, 4) is 0 Å². The van der Waals surface area contributed by atoms with E-state index >= 15 is 0 Å². The van der Waals surface area contributed by atoms with Crippen molar-refractivity contribution in [1.29, 1.82) is 0 Å². The molecular formula is C16H21FN4OS2. The average Bonchev–Trinajstić information content (AvgIpc) is 3.00. The molecule has 1 heterocycles. The normalized spacial score (nSPS) is 13.3. The second-order valence-corrected chi connectivity index (χ2v) is 7.91. The summed E-state index contributed by atoms with van der Waals surface area (Å²) in [6.07, 6.45) is 1.02. The number of benzene rings is 1. The van der Waals surface area contributed by atoms with Gasteiger partial charge in [-0.3, -0.25) is 4.79 Å². The van der Waals surface area contributed by atoms with Gasteiger partial charge in [-0.05, 0) is 38.0 Å². The highest BCUT2D eigenvalue weighted by Crippen LogP contribution is 2.29. The number of rotatable bonds is 8. The molecule has 5 nitrogen and oxygen atoms in total. The summed E-state index contributed by atoms with van der Waals surface area (Å²) in [4.78, 5) is 12.3. The van der Waals surface area contributed by atoms with Crippen LogP contribution >= 0.6 is 23.1 Å². The number of halogens is 1. The summed E-state index contributed by atoms with van der Waals surface area (Å²) >= 11 is 2.82. The Bertz CT molecular complexity index is 662. The van der Waals surface area contributed by atoms with Crippen LogP contribution in [-0.2, 0) is 4.79 Å². The molecule has 2 rings (SSSR count). The van der Waals surface area contributed by atoms with Crippen LogP contribution in [0.15, 0.2) is 28.6 Å². The maximum Gasteiger partial charge on any atom is 0.233 e. The van der Waals surface area contributed by atoms with Crippen LogP contribution in [0.5, 0.6) is 0 Å². The van der Waals surface area contributed by atoms with Crippen LogP contribution in [0.25, 0.3) is 0 Å². The number of carbonyl (C=O) groups excluding carboxylic acids is 1. The quantitative estimate of drug-likeness (QED) is 0.693. The Morgan fingerprint density at radius 3 is 2.67 bits per heavy atom. The minimum atomic E-state index is -0.292. The van der Waals surface area contributed by atoms with E-state index in [1.807, 2.05) is 13.8 Å². The lowest BCUT2D eigenvalue weighted by atomic mass is 10.1.